The number of carbonyl (C=O) groups is 1. The molecule has 0 saturated carbocycles. The zero-order valence-electron chi connectivity index (χ0n) is 12.6. The number of amides is 1. The average Bonchev–Trinajstić information content (AvgIpc) is 2.47. The normalized spacial score (nSPS) is 19.0. The van der Waals surface area contributed by atoms with Crippen molar-refractivity contribution in [1.29, 1.82) is 0 Å². The highest BCUT2D eigenvalue weighted by atomic mass is 16.5. The van der Waals surface area contributed by atoms with E-state index in [1.165, 1.54) is 12.7 Å². The Morgan fingerprint density at radius 3 is 2.70 bits per heavy atom. The van der Waals surface area contributed by atoms with Gasteiger partial charge < -0.3 is 15.4 Å². The highest BCUT2D eigenvalue weighted by Crippen LogP contribution is 2.37. The molecule has 1 saturated heterocycles. The summed E-state index contributed by atoms with van der Waals surface area (Å²) in [6.07, 6.45) is 10.00. The highest BCUT2D eigenvalue weighted by molar-refractivity contribution is 5.77. The van der Waals surface area contributed by atoms with Crippen LogP contribution in [0.1, 0.15) is 19.8 Å². The van der Waals surface area contributed by atoms with Crippen molar-refractivity contribution in [1.82, 2.24) is 10.6 Å². The molecule has 2 N–H and O–H groups in total. The van der Waals surface area contributed by atoms with Crippen molar-refractivity contribution in [2.45, 2.75) is 19.8 Å². The van der Waals surface area contributed by atoms with E-state index in [9.17, 15) is 4.79 Å². The molecule has 0 aromatic rings. The second-order valence-corrected chi connectivity index (χ2v) is 5.08. The average molecular weight is 278 g/mol. The number of allylic oxidation sites excluding steroid dienone is 4. The summed E-state index contributed by atoms with van der Waals surface area (Å²) in [5.41, 5.74) is 1.26. The van der Waals surface area contributed by atoms with Crippen LogP contribution in [0.2, 0.25) is 0 Å². The molecule has 112 valence electrons. The van der Waals surface area contributed by atoms with Gasteiger partial charge in [-0.05, 0) is 38.4 Å². The fourth-order valence-electron chi connectivity index (χ4n) is 2.67. The molecule has 4 heteroatoms. The van der Waals surface area contributed by atoms with Gasteiger partial charge in [0.25, 0.3) is 0 Å². The van der Waals surface area contributed by atoms with E-state index in [2.05, 4.69) is 29.4 Å². The van der Waals surface area contributed by atoms with E-state index in [0.29, 0.717) is 6.54 Å². The number of hydrogen-bond donors (Lipinski definition) is 2. The Morgan fingerprint density at radius 1 is 1.45 bits per heavy atom. The van der Waals surface area contributed by atoms with Crippen molar-refractivity contribution in [3.63, 3.8) is 0 Å². The van der Waals surface area contributed by atoms with Crippen LogP contribution in [0.4, 0.5) is 0 Å². The van der Waals surface area contributed by atoms with E-state index in [1.54, 1.807) is 6.08 Å². The summed E-state index contributed by atoms with van der Waals surface area (Å²) < 4.78 is 4.86. The van der Waals surface area contributed by atoms with Crippen LogP contribution in [0.3, 0.4) is 0 Å². The third-order valence-corrected chi connectivity index (χ3v) is 3.80. The lowest BCUT2D eigenvalue weighted by Crippen LogP contribution is -2.46. The van der Waals surface area contributed by atoms with Gasteiger partial charge in [0.1, 0.15) is 6.61 Å². The van der Waals surface area contributed by atoms with Gasteiger partial charge in [-0.3, -0.25) is 4.79 Å². The Bertz CT molecular complexity index is 380. The van der Waals surface area contributed by atoms with Gasteiger partial charge in [-0.2, -0.15) is 0 Å². The van der Waals surface area contributed by atoms with E-state index in [4.69, 9.17) is 4.74 Å². The minimum atomic E-state index is -0.0615. The van der Waals surface area contributed by atoms with Crippen molar-refractivity contribution in [3.8, 4) is 0 Å². The van der Waals surface area contributed by atoms with E-state index < -0.39 is 0 Å². The number of hydrogen-bond acceptors (Lipinski definition) is 3. The third-order valence-electron chi connectivity index (χ3n) is 3.80. The molecule has 4 nitrogen and oxygen atoms in total. The summed E-state index contributed by atoms with van der Waals surface area (Å²) in [6.45, 7) is 8.47. The first-order valence-electron chi connectivity index (χ1n) is 7.11. The number of piperidine rings is 1. The van der Waals surface area contributed by atoms with Crippen LogP contribution >= 0.6 is 0 Å². The molecule has 0 radical (unpaired) electrons. The van der Waals surface area contributed by atoms with Gasteiger partial charge in [0.2, 0.25) is 5.91 Å². The Morgan fingerprint density at radius 2 is 2.15 bits per heavy atom. The van der Waals surface area contributed by atoms with Gasteiger partial charge in [-0.1, -0.05) is 30.9 Å². The lowest BCUT2D eigenvalue weighted by atomic mass is 9.72. The predicted molar refractivity (Wildman–Crippen MR) is 82.5 cm³/mol. The number of nitrogens with one attached hydrogen (secondary N) is 2. The molecule has 0 aromatic carbocycles. The summed E-state index contributed by atoms with van der Waals surface area (Å²) >= 11 is 0. The molecular weight excluding hydrogens is 252 g/mol. The van der Waals surface area contributed by atoms with E-state index in [-0.39, 0.29) is 17.9 Å². The molecule has 1 heterocycles. The lowest BCUT2D eigenvalue weighted by molar-refractivity contribution is -0.125. The highest BCUT2D eigenvalue weighted by Gasteiger charge is 2.34. The van der Waals surface area contributed by atoms with Crippen molar-refractivity contribution in [2.75, 3.05) is 33.4 Å². The number of carbonyl (C=O) groups excluding carboxylic acids is 1. The second kappa shape index (κ2) is 8.72. The van der Waals surface area contributed by atoms with Crippen LogP contribution in [0, 0.1) is 5.41 Å². The molecule has 0 aliphatic carbocycles. The van der Waals surface area contributed by atoms with Crippen LogP contribution in [0.25, 0.3) is 0 Å². The minimum Gasteiger partial charge on any atom is -0.375 e. The molecule has 1 aliphatic rings. The summed E-state index contributed by atoms with van der Waals surface area (Å²) in [4.78, 5) is 11.6. The SMILES string of the molecule is C=C/C=C\C(=C/C)C1(CNC(=O)COC)CCNCC1. The maximum atomic E-state index is 11.6. The van der Waals surface area contributed by atoms with Gasteiger partial charge in [0.15, 0.2) is 0 Å². The zero-order chi connectivity index (χ0) is 14.8. The Balaban J connectivity index is 2.82. The van der Waals surface area contributed by atoms with Crippen molar-refractivity contribution < 1.29 is 9.53 Å². The largest absolute Gasteiger partial charge is 0.375 e. The first-order valence-corrected chi connectivity index (χ1v) is 7.11. The minimum absolute atomic E-state index is 0.00289. The molecule has 1 amide bonds. The van der Waals surface area contributed by atoms with Crippen LogP contribution in [0.5, 0.6) is 0 Å². The number of methoxy groups -OCH3 is 1. The van der Waals surface area contributed by atoms with Gasteiger partial charge in [0, 0.05) is 19.1 Å². The molecule has 0 aromatic heterocycles. The maximum Gasteiger partial charge on any atom is 0.246 e. The Labute approximate surface area is 122 Å². The van der Waals surface area contributed by atoms with Crippen LogP contribution in [-0.2, 0) is 9.53 Å². The molecule has 1 fully saturated rings. The molecule has 0 atom stereocenters. The molecular formula is C16H26N2O2. The first-order chi connectivity index (χ1) is 9.68. The van der Waals surface area contributed by atoms with Gasteiger partial charge in [0.05, 0.1) is 0 Å². The topological polar surface area (TPSA) is 50.4 Å². The van der Waals surface area contributed by atoms with Gasteiger partial charge in [-0.25, -0.2) is 0 Å². The smallest absolute Gasteiger partial charge is 0.246 e. The Hall–Kier alpha value is -1.39. The fourth-order valence-corrected chi connectivity index (χ4v) is 2.67. The quantitative estimate of drug-likeness (QED) is 0.698. The molecule has 0 spiro atoms. The van der Waals surface area contributed by atoms with Gasteiger partial charge >= 0.3 is 0 Å². The van der Waals surface area contributed by atoms with Crippen LogP contribution in [-0.4, -0.2) is 39.3 Å². The van der Waals surface area contributed by atoms with Crippen LogP contribution in [0.15, 0.2) is 36.5 Å². The zero-order valence-corrected chi connectivity index (χ0v) is 12.6. The molecule has 0 unspecified atom stereocenters. The Kier molecular flexibility index (Phi) is 7.26. The van der Waals surface area contributed by atoms with Crippen molar-refractivity contribution in [2.24, 2.45) is 5.41 Å². The lowest BCUT2D eigenvalue weighted by Gasteiger charge is -2.39. The summed E-state index contributed by atoms with van der Waals surface area (Å²) in [5, 5.41) is 6.37. The number of ether oxygens (including phenoxy) is 1. The summed E-state index contributed by atoms with van der Waals surface area (Å²) in [7, 11) is 1.53. The standard InChI is InChI=1S/C16H26N2O2/c1-4-6-7-14(5-2)16(8-10-17-11-9-16)13-18-15(19)12-20-3/h4-7,17H,1,8-13H2,2-3H3,(H,18,19)/b7-6-,14-5+. The van der Waals surface area contributed by atoms with Gasteiger partial charge in [-0.15, -0.1) is 0 Å². The van der Waals surface area contributed by atoms with Crippen LogP contribution < -0.4 is 10.6 Å². The second-order valence-electron chi connectivity index (χ2n) is 5.08. The summed E-state index contributed by atoms with van der Waals surface area (Å²) in [6, 6.07) is 0. The monoisotopic (exact) mass is 278 g/mol. The van der Waals surface area contributed by atoms with E-state index in [0.717, 1.165) is 25.9 Å². The number of rotatable bonds is 7. The molecule has 0 bridgehead atoms. The fraction of sp³-hybridized carbons (Fsp3) is 0.562. The molecule has 20 heavy (non-hydrogen) atoms. The van der Waals surface area contributed by atoms with E-state index in [1.807, 2.05) is 13.0 Å². The maximum absolute atomic E-state index is 11.6. The van der Waals surface area contributed by atoms with E-state index >= 15 is 0 Å². The predicted octanol–water partition coefficient (Wildman–Crippen LogP) is 1.81. The molecule has 1 rings (SSSR count). The summed E-state index contributed by atoms with van der Waals surface area (Å²) in [5.74, 6) is -0.0615. The first kappa shape index (κ1) is 16.7. The molecule has 1 aliphatic heterocycles. The van der Waals surface area contributed by atoms with Crippen molar-refractivity contribution >= 4 is 5.91 Å². The van der Waals surface area contributed by atoms with Crippen molar-refractivity contribution in [3.05, 3.63) is 36.5 Å². The third kappa shape index (κ3) is 4.62.